The molecule has 0 heterocycles. The molecule has 0 saturated heterocycles. The summed E-state index contributed by atoms with van der Waals surface area (Å²) in [5.41, 5.74) is 1.72. The van der Waals surface area contributed by atoms with Crippen molar-refractivity contribution < 1.29 is 0 Å². The molecule has 0 aliphatic heterocycles. The Kier molecular flexibility index (Phi) is 5.45. The van der Waals surface area contributed by atoms with Gasteiger partial charge in [0.1, 0.15) is 0 Å². The third-order valence-corrected chi connectivity index (χ3v) is 4.12. The normalized spacial score (nSPS) is 17.4. The highest BCUT2D eigenvalue weighted by molar-refractivity contribution is 5.79. The fourth-order valence-electron chi connectivity index (χ4n) is 2.75. The minimum absolute atomic E-state index is 0.274. The van der Waals surface area contributed by atoms with Crippen molar-refractivity contribution in [1.29, 1.82) is 0 Å². The predicted molar refractivity (Wildman–Crippen MR) is 86.2 cm³/mol. The molecule has 1 aromatic carbocycles. The first-order valence-electron chi connectivity index (χ1n) is 7.88. The van der Waals surface area contributed by atoms with Crippen LogP contribution in [0.5, 0.6) is 0 Å². The van der Waals surface area contributed by atoms with Gasteiger partial charge in [0.2, 0.25) is 0 Å². The summed E-state index contributed by atoms with van der Waals surface area (Å²) >= 11 is 0. The van der Waals surface area contributed by atoms with E-state index < -0.39 is 0 Å². The van der Waals surface area contributed by atoms with E-state index in [4.69, 9.17) is 4.99 Å². The lowest BCUT2D eigenvalue weighted by atomic mass is 9.64. The lowest BCUT2D eigenvalue weighted by molar-refractivity contribution is 0.253. The van der Waals surface area contributed by atoms with Crippen molar-refractivity contribution >= 4 is 5.96 Å². The first-order chi connectivity index (χ1) is 9.80. The lowest BCUT2D eigenvalue weighted by Gasteiger charge is -2.41. The SMILES string of the molecule is CCCNC(=NCC1(c2ccccc2)CCC1)NCC. The maximum Gasteiger partial charge on any atom is 0.191 e. The Bertz CT molecular complexity index is 421. The molecule has 3 nitrogen and oxygen atoms in total. The molecule has 1 saturated carbocycles. The molecule has 1 fully saturated rings. The van der Waals surface area contributed by atoms with E-state index in [2.05, 4.69) is 54.8 Å². The van der Waals surface area contributed by atoms with E-state index in [1.165, 1.54) is 24.8 Å². The third-order valence-electron chi connectivity index (χ3n) is 4.12. The van der Waals surface area contributed by atoms with Crippen molar-refractivity contribution in [2.24, 2.45) is 4.99 Å². The Morgan fingerprint density at radius 1 is 1.15 bits per heavy atom. The second kappa shape index (κ2) is 7.32. The number of rotatable bonds is 6. The fraction of sp³-hybridized carbons (Fsp3) is 0.588. The summed E-state index contributed by atoms with van der Waals surface area (Å²) in [6, 6.07) is 10.9. The van der Waals surface area contributed by atoms with Gasteiger partial charge in [-0.15, -0.1) is 0 Å². The van der Waals surface area contributed by atoms with E-state index in [9.17, 15) is 0 Å². The van der Waals surface area contributed by atoms with E-state index in [1.807, 2.05) is 0 Å². The minimum atomic E-state index is 0.274. The van der Waals surface area contributed by atoms with Gasteiger partial charge in [0.05, 0.1) is 6.54 Å². The van der Waals surface area contributed by atoms with Crippen LogP contribution in [0.4, 0.5) is 0 Å². The topological polar surface area (TPSA) is 36.4 Å². The molecule has 0 bridgehead atoms. The molecule has 0 unspecified atom stereocenters. The first kappa shape index (κ1) is 14.9. The minimum Gasteiger partial charge on any atom is -0.357 e. The van der Waals surface area contributed by atoms with Crippen LogP contribution in [0.25, 0.3) is 0 Å². The zero-order valence-corrected chi connectivity index (χ0v) is 12.8. The van der Waals surface area contributed by atoms with Crippen LogP contribution >= 0.6 is 0 Å². The molecule has 0 spiro atoms. The Balaban J connectivity index is 2.05. The first-order valence-corrected chi connectivity index (χ1v) is 7.88. The van der Waals surface area contributed by atoms with E-state index in [-0.39, 0.29) is 5.41 Å². The lowest BCUT2D eigenvalue weighted by Crippen LogP contribution is -2.41. The second-order valence-electron chi connectivity index (χ2n) is 5.62. The largest absolute Gasteiger partial charge is 0.357 e. The number of hydrogen-bond acceptors (Lipinski definition) is 1. The Morgan fingerprint density at radius 2 is 1.90 bits per heavy atom. The summed E-state index contributed by atoms with van der Waals surface area (Å²) in [5.74, 6) is 0.955. The molecule has 1 aromatic rings. The molecule has 0 aromatic heterocycles. The quantitative estimate of drug-likeness (QED) is 0.617. The van der Waals surface area contributed by atoms with Crippen LogP contribution in [-0.2, 0) is 5.41 Å². The van der Waals surface area contributed by atoms with Crippen LogP contribution in [0.1, 0.15) is 45.1 Å². The Labute approximate surface area is 122 Å². The molecule has 0 radical (unpaired) electrons. The standard InChI is InChI=1S/C17H27N3/c1-3-13-19-16(18-4-2)20-14-17(11-8-12-17)15-9-6-5-7-10-15/h5-7,9-10H,3-4,8,11-14H2,1-2H3,(H2,18,19,20). The molecular formula is C17H27N3. The molecule has 0 atom stereocenters. The van der Waals surface area contributed by atoms with Crippen LogP contribution in [0, 0.1) is 0 Å². The summed E-state index contributed by atoms with van der Waals surface area (Å²) < 4.78 is 0. The van der Waals surface area contributed by atoms with Crippen LogP contribution in [-0.4, -0.2) is 25.6 Å². The van der Waals surface area contributed by atoms with Gasteiger partial charge in [-0.1, -0.05) is 43.7 Å². The number of aliphatic imine (C=N–C) groups is 1. The molecule has 2 N–H and O–H groups in total. The van der Waals surface area contributed by atoms with Gasteiger partial charge in [-0.05, 0) is 31.7 Å². The molecule has 20 heavy (non-hydrogen) atoms. The fourth-order valence-corrected chi connectivity index (χ4v) is 2.75. The molecule has 1 aliphatic carbocycles. The maximum atomic E-state index is 4.82. The number of hydrogen-bond donors (Lipinski definition) is 2. The highest BCUT2D eigenvalue weighted by Crippen LogP contribution is 2.43. The number of nitrogens with zero attached hydrogens (tertiary/aromatic N) is 1. The van der Waals surface area contributed by atoms with Gasteiger partial charge >= 0.3 is 0 Å². The molecule has 2 rings (SSSR count). The van der Waals surface area contributed by atoms with Gasteiger partial charge in [-0.25, -0.2) is 0 Å². The molecule has 110 valence electrons. The van der Waals surface area contributed by atoms with Gasteiger partial charge in [-0.3, -0.25) is 4.99 Å². The molecule has 1 aliphatic rings. The average Bonchev–Trinajstić information content (AvgIpc) is 2.44. The van der Waals surface area contributed by atoms with Crippen molar-refractivity contribution in [3.05, 3.63) is 35.9 Å². The van der Waals surface area contributed by atoms with Gasteiger partial charge in [0.25, 0.3) is 0 Å². The summed E-state index contributed by atoms with van der Waals surface area (Å²) in [4.78, 5) is 4.82. The monoisotopic (exact) mass is 273 g/mol. The van der Waals surface area contributed by atoms with Gasteiger partial charge in [0, 0.05) is 18.5 Å². The summed E-state index contributed by atoms with van der Waals surface area (Å²) in [5, 5.41) is 6.71. The van der Waals surface area contributed by atoms with Gasteiger partial charge < -0.3 is 10.6 Å². The predicted octanol–water partition coefficient (Wildman–Crippen LogP) is 3.07. The van der Waals surface area contributed by atoms with Crippen molar-refractivity contribution in [3.8, 4) is 0 Å². The molecule has 3 heteroatoms. The Hall–Kier alpha value is -1.51. The number of benzene rings is 1. The zero-order valence-electron chi connectivity index (χ0n) is 12.8. The van der Waals surface area contributed by atoms with Crippen molar-refractivity contribution in [3.63, 3.8) is 0 Å². The summed E-state index contributed by atoms with van der Waals surface area (Å²) in [6.07, 6.45) is 4.96. The smallest absolute Gasteiger partial charge is 0.191 e. The van der Waals surface area contributed by atoms with Crippen LogP contribution < -0.4 is 10.6 Å². The van der Waals surface area contributed by atoms with Crippen LogP contribution in [0.15, 0.2) is 35.3 Å². The zero-order chi connectivity index (χ0) is 14.3. The van der Waals surface area contributed by atoms with E-state index in [0.717, 1.165) is 32.0 Å². The second-order valence-corrected chi connectivity index (χ2v) is 5.62. The highest BCUT2D eigenvalue weighted by atomic mass is 15.2. The van der Waals surface area contributed by atoms with E-state index >= 15 is 0 Å². The highest BCUT2D eigenvalue weighted by Gasteiger charge is 2.38. The number of nitrogens with one attached hydrogen (secondary N) is 2. The van der Waals surface area contributed by atoms with Crippen molar-refractivity contribution in [1.82, 2.24) is 10.6 Å². The van der Waals surface area contributed by atoms with Crippen LogP contribution in [0.2, 0.25) is 0 Å². The van der Waals surface area contributed by atoms with Gasteiger partial charge in [-0.2, -0.15) is 0 Å². The van der Waals surface area contributed by atoms with E-state index in [1.54, 1.807) is 0 Å². The summed E-state index contributed by atoms with van der Waals surface area (Å²) in [6.45, 7) is 7.06. The molecule has 0 amide bonds. The molecular weight excluding hydrogens is 246 g/mol. The average molecular weight is 273 g/mol. The Morgan fingerprint density at radius 3 is 2.45 bits per heavy atom. The van der Waals surface area contributed by atoms with Crippen molar-refractivity contribution in [2.45, 2.75) is 44.9 Å². The maximum absolute atomic E-state index is 4.82. The third kappa shape index (κ3) is 3.53. The number of guanidine groups is 1. The van der Waals surface area contributed by atoms with Crippen LogP contribution in [0.3, 0.4) is 0 Å². The van der Waals surface area contributed by atoms with E-state index in [0.29, 0.717) is 0 Å². The van der Waals surface area contributed by atoms with Crippen molar-refractivity contribution in [2.75, 3.05) is 19.6 Å². The summed E-state index contributed by atoms with van der Waals surface area (Å²) in [7, 11) is 0. The van der Waals surface area contributed by atoms with Gasteiger partial charge in [0.15, 0.2) is 5.96 Å².